The van der Waals surface area contributed by atoms with Crippen LogP contribution in [0.1, 0.15) is 22.8 Å². The Bertz CT molecular complexity index is 918. The minimum atomic E-state index is -0.527. The van der Waals surface area contributed by atoms with Gasteiger partial charge < -0.3 is 20.8 Å². The summed E-state index contributed by atoms with van der Waals surface area (Å²) in [6.45, 7) is 5.93. The molecule has 27 heavy (non-hydrogen) atoms. The number of hydrogen-bond acceptors (Lipinski definition) is 4. The zero-order chi connectivity index (χ0) is 20.0. The van der Waals surface area contributed by atoms with E-state index in [4.69, 9.17) is 28.9 Å². The van der Waals surface area contributed by atoms with Crippen molar-refractivity contribution in [2.75, 3.05) is 12.4 Å². The van der Waals surface area contributed by atoms with Crippen LogP contribution in [0, 0.1) is 0 Å². The smallest absolute Gasteiger partial charge is 0.253 e. The first-order chi connectivity index (χ1) is 12.9. The number of aromatic amines is 1. The predicted octanol–water partition coefficient (Wildman–Crippen LogP) is 5.23. The molecule has 0 aliphatic carbocycles. The van der Waals surface area contributed by atoms with Gasteiger partial charge in [-0.15, -0.1) is 0 Å². The summed E-state index contributed by atoms with van der Waals surface area (Å²) in [5, 5.41) is 3.90. The van der Waals surface area contributed by atoms with Crippen LogP contribution in [0.5, 0.6) is 0 Å². The Labute approximate surface area is 172 Å². The summed E-state index contributed by atoms with van der Waals surface area (Å²) in [6.07, 6.45) is 7.25. The van der Waals surface area contributed by atoms with E-state index in [9.17, 15) is 4.79 Å². The Hall–Kier alpha value is -2.28. The average molecular weight is 423 g/mol. The van der Waals surface area contributed by atoms with Gasteiger partial charge in [-0.3, -0.25) is 4.79 Å². The van der Waals surface area contributed by atoms with Gasteiger partial charge in [0.2, 0.25) is 0 Å². The number of hydrogen-bond donors (Lipinski definition) is 4. The second-order valence-electron chi connectivity index (χ2n) is 5.43. The summed E-state index contributed by atoms with van der Waals surface area (Å²) in [6, 6.07) is 5.45. The minimum Gasteiger partial charge on any atom is -0.374 e. The summed E-state index contributed by atoms with van der Waals surface area (Å²) in [5.74, 6) is 0.0308. The van der Waals surface area contributed by atoms with E-state index in [-0.39, 0.29) is 0 Å². The normalized spacial score (nSPS) is 11.6. The maximum absolute atomic E-state index is 11.7. The Kier molecular flexibility index (Phi) is 7.47. The molecule has 142 valence electrons. The van der Waals surface area contributed by atoms with Gasteiger partial charge >= 0.3 is 0 Å². The van der Waals surface area contributed by atoms with Gasteiger partial charge in [-0.2, -0.15) is 0 Å². The zero-order valence-electron chi connectivity index (χ0n) is 14.9. The van der Waals surface area contributed by atoms with E-state index in [0.29, 0.717) is 32.6 Å². The van der Waals surface area contributed by atoms with Crippen LogP contribution in [0.15, 0.2) is 59.8 Å². The first-order valence-corrected chi connectivity index (χ1v) is 9.55. The number of anilines is 1. The van der Waals surface area contributed by atoms with Gasteiger partial charge in [0.15, 0.2) is 0 Å². The Morgan fingerprint density at radius 2 is 2.07 bits per heavy atom. The highest BCUT2D eigenvalue weighted by Crippen LogP contribution is 2.32. The van der Waals surface area contributed by atoms with Crippen LogP contribution < -0.4 is 15.8 Å². The van der Waals surface area contributed by atoms with Crippen molar-refractivity contribution in [2.45, 2.75) is 11.8 Å². The van der Waals surface area contributed by atoms with Crippen molar-refractivity contribution in [3.63, 3.8) is 0 Å². The van der Waals surface area contributed by atoms with Crippen molar-refractivity contribution in [3.05, 3.63) is 76.1 Å². The third-order valence-electron chi connectivity index (χ3n) is 3.69. The number of aromatic nitrogens is 1. The maximum Gasteiger partial charge on any atom is 0.253 e. The number of benzene rings is 1. The highest BCUT2D eigenvalue weighted by molar-refractivity contribution is 7.97. The average Bonchev–Trinajstić information content (AvgIpc) is 3.09. The van der Waals surface area contributed by atoms with Crippen LogP contribution in [0.25, 0.3) is 5.57 Å². The molecular formula is C19H20Cl2N4OS. The summed E-state index contributed by atoms with van der Waals surface area (Å²) >= 11 is 13.6. The number of carbonyl (C=O) groups is 1. The molecule has 1 aromatic carbocycles. The molecular weight excluding hydrogens is 403 g/mol. The largest absolute Gasteiger partial charge is 0.374 e. The topological polar surface area (TPSA) is 82.9 Å². The summed E-state index contributed by atoms with van der Waals surface area (Å²) in [7, 11) is 1.71. The number of carbonyl (C=O) groups excluding carboxylic acids is 1. The second-order valence-corrected chi connectivity index (χ2v) is 7.06. The van der Waals surface area contributed by atoms with E-state index in [1.807, 2.05) is 31.2 Å². The van der Waals surface area contributed by atoms with Gasteiger partial charge in [0.05, 0.1) is 15.6 Å². The number of primary amides is 1. The summed E-state index contributed by atoms with van der Waals surface area (Å²) in [5.41, 5.74) is 7.98. The first kappa shape index (κ1) is 21.0. The van der Waals surface area contributed by atoms with Crippen molar-refractivity contribution in [3.8, 4) is 0 Å². The lowest BCUT2D eigenvalue weighted by Crippen LogP contribution is -2.14. The van der Waals surface area contributed by atoms with Gasteiger partial charge in [0.1, 0.15) is 5.82 Å². The molecule has 0 fully saturated rings. The fourth-order valence-corrected chi connectivity index (χ4v) is 3.51. The zero-order valence-corrected chi connectivity index (χ0v) is 17.2. The lowest BCUT2D eigenvalue weighted by molar-refractivity contribution is 0.100. The number of H-pyrrole nitrogens is 1. The summed E-state index contributed by atoms with van der Waals surface area (Å²) < 4.78 is 3.21. The molecule has 0 aliphatic rings. The monoisotopic (exact) mass is 422 g/mol. The molecule has 0 unspecified atom stereocenters. The number of amides is 1. The Morgan fingerprint density at radius 1 is 1.33 bits per heavy atom. The molecule has 0 saturated heterocycles. The Morgan fingerprint density at radius 3 is 2.70 bits per heavy atom. The fourth-order valence-electron chi connectivity index (χ4n) is 2.28. The van der Waals surface area contributed by atoms with Crippen LogP contribution in [0.3, 0.4) is 0 Å². The lowest BCUT2D eigenvalue weighted by Gasteiger charge is -2.09. The SMILES string of the molecule is C=C(/C=C\C(=C/C)NSc1cccc(Cl)c1Cl)c1c[nH]c(NC)c1C(N)=O. The highest BCUT2D eigenvalue weighted by atomic mass is 35.5. The maximum atomic E-state index is 11.7. The Balaban J connectivity index is 2.11. The van der Waals surface area contributed by atoms with Gasteiger partial charge in [-0.25, -0.2) is 0 Å². The molecule has 1 heterocycles. The van der Waals surface area contributed by atoms with Crippen molar-refractivity contribution < 1.29 is 4.79 Å². The third kappa shape index (κ3) is 5.13. The van der Waals surface area contributed by atoms with E-state index in [2.05, 4.69) is 21.6 Å². The fraction of sp³-hybridized carbons (Fsp3) is 0.105. The molecule has 0 saturated carbocycles. The standard InChI is InChI=1S/C19H20Cl2N4OS/c1-4-12(25-27-15-7-5-6-14(20)17(15)21)9-8-11(2)13-10-24-19(23-3)16(13)18(22)26/h4-10,23-25H,2H2,1,3H3,(H2,22,26)/b9-8-,12-4+. The van der Waals surface area contributed by atoms with Crippen LogP contribution in [-0.4, -0.2) is 17.9 Å². The van der Waals surface area contributed by atoms with Crippen LogP contribution in [0.4, 0.5) is 5.82 Å². The van der Waals surface area contributed by atoms with Crippen molar-refractivity contribution in [2.24, 2.45) is 5.73 Å². The van der Waals surface area contributed by atoms with E-state index in [1.54, 1.807) is 25.4 Å². The molecule has 2 aromatic rings. The van der Waals surface area contributed by atoms with E-state index >= 15 is 0 Å². The second kappa shape index (κ2) is 9.60. The number of nitrogens with one attached hydrogen (secondary N) is 3. The quantitative estimate of drug-likeness (QED) is 0.346. The molecule has 2 rings (SSSR count). The van der Waals surface area contributed by atoms with Crippen molar-refractivity contribution >= 4 is 52.4 Å². The van der Waals surface area contributed by atoms with Gasteiger partial charge in [-0.1, -0.05) is 48.0 Å². The first-order valence-electron chi connectivity index (χ1n) is 7.98. The number of halogens is 2. The molecule has 5 nitrogen and oxygen atoms in total. The number of allylic oxidation sites excluding steroid dienone is 4. The molecule has 5 N–H and O–H groups in total. The lowest BCUT2D eigenvalue weighted by atomic mass is 10.0. The van der Waals surface area contributed by atoms with Gasteiger partial charge in [-0.05, 0) is 42.7 Å². The van der Waals surface area contributed by atoms with Gasteiger partial charge in [0.25, 0.3) is 5.91 Å². The molecule has 0 bridgehead atoms. The predicted molar refractivity (Wildman–Crippen MR) is 116 cm³/mol. The van der Waals surface area contributed by atoms with E-state index in [1.165, 1.54) is 11.9 Å². The van der Waals surface area contributed by atoms with Crippen LogP contribution in [0.2, 0.25) is 10.0 Å². The molecule has 0 aliphatic heterocycles. The molecule has 1 amide bonds. The van der Waals surface area contributed by atoms with E-state index in [0.717, 1.165) is 10.6 Å². The number of rotatable bonds is 8. The molecule has 0 radical (unpaired) electrons. The van der Waals surface area contributed by atoms with Crippen molar-refractivity contribution in [1.82, 2.24) is 9.71 Å². The highest BCUT2D eigenvalue weighted by Gasteiger charge is 2.16. The van der Waals surface area contributed by atoms with Gasteiger partial charge in [0, 0.05) is 29.4 Å². The molecule has 8 heteroatoms. The summed E-state index contributed by atoms with van der Waals surface area (Å²) in [4.78, 5) is 15.5. The van der Waals surface area contributed by atoms with E-state index < -0.39 is 5.91 Å². The molecule has 0 atom stereocenters. The third-order valence-corrected chi connectivity index (χ3v) is 5.52. The minimum absolute atomic E-state index is 0.377. The van der Waals surface area contributed by atoms with Crippen LogP contribution in [-0.2, 0) is 0 Å². The molecule has 1 aromatic heterocycles. The van der Waals surface area contributed by atoms with Crippen LogP contribution >= 0.6 is 35.1 Å². The number of nitrogens with two attached hydrogens (primary N) is 1. The molecule has 0 spiro atoms. The van der Waals surface area contributed by atoms with Crippen molar-refractivity contribution in [1.29, 1.82) is 0 Å².